The van der Waals surface area contributed by atoms with E-state index in [4.69, 9.17) is 14.2 Å². The molecule has 0 aliphatic carbocycles. The number of amides is 2. The van der Waals surface area contributed by atoms with E-state index >= 15 is 0 Å². The molecule has 1 unspecified atom stereocenters. The van der Waals surface area contributed by atoms with Crippen LogP contribution < -0.4 is 10.2 Å². The number of ether oxygens (including phenoxy) is 1. The maximum absolute atomic E-state index is 13.3. The van der Waals surface area contributed by atoms with Gasteiger partial charge in [-0.2, -0.15) is 4.98 Å². The number of aryl methyl sites for hydroxylation is 1. The first-order valence-electron chi connectivity index (χ1n) is 10.4. The van der Waals surface area contributed by atoms with Crippen molar-refractivity contribution >= 4 is 17.4 Å². The highest BCUT2D eigenvalue weighted by Gasteiger charge is 2.38. The summed E-state index contributed by atoms with van der Waals surface area (Å²) in [6.07, 6.45) is 2.41. The number of hydrogen-bond acceptors (Lipinski definition) is 5. The van der Waals surface area contributed by atoms with E-state index < -0.39 is 0 Å². The van der Waals surface area contributed by atoms with Crippen molar-refractivity contribution in [3.63, 3.8) is 0 Å². The fourth-order valence-electron chi connectivity index (χ4n) is 4.23. The molecule has 2 aliphatic rings. The highest BCUT2D eigenvalue weighted by Crippen LogP contribution is 2.40. The molecule has 0 radical (unpaired) electrons. The molecule has 2 amide bonds. The summed E-state index contributed by atoms with van der Waals surface area (Å²) in [6.45, 7) is 3.40. The fourth-order valence-corrected chi connectivity index (χ4v) is 4.23. The standard InChI is InChI=1S/C23H24N4O3/c1-15-6-2-4-8-18(15)24-23(28)27-19-9-5-3-7-17(19)14-20(27)21-25-22(30-26-21)16-10-12-29-13-11-16/h2-9,16,20H,10-14H2,1H3,(H,24,28). The van der Waals surface area contributed by atoms with Gasteiger partial charge in [-0.25, -0.2) is 4.79 Å². The number of carbonyl (C=O) groups excluding carboxylic acids is 1. The monoisotopic (exact) mass is 404 g/mol. The van der Waals surface area contributed by atoms with Crippen molar-refractivity contribution in [3.8, 4) is 0 Å². The minimum atomic E-state index is -0.302. The van der Waals surface area contributed by atoms with Gasteiger partial charge in [0.1, 0.15) is 6.04 Å². The number of urea groups is 1. The molecule has 1 N–H and O–H groups in total. The van der Waals surface area contributed by atoms with Gasteiger partial charge in [0.05, 0.1) is 0 Å². The summed E-state index contributed by atoms with van der Waals surface area (Å²) in [5, 5.41) is 7.31. The van der Waals surface area contributed by atoms with Crippen LogP contribution in [0.15, 0.2) is 53.1 Å². The number of anilines is 2. The molecule has 0 saturated carbocycles. The van der Waals surface area contributed by atoms with Crippen LogP contribution in [0.3, 0.4) is 0 Å². The van der Waals surface area contributed by atoms with Crippen molar-refractivity contribution in [2.75, 3.05) is 23.4 Å². The van der Waals surface area contributed by atoms with E-state index in [0.29, 0.717) is 31.3 Å². The zero-order chi connectivity index (χ0) is 20.5. The highest BCUT2D eigenvalue weighted by molar-refractivity contribution is 6.04. The highest BCUT2D eigenvalue weighted by atomic mass is 16.5. The first-order chi connectivity index (χ1) is 14.7. The quantitative estimate of drug-likeness (QED) is 0.690. The van der Waals surface area contributed by atoms with E-state index in [0.717, 1.165) is 35.3 Å². The largest absolute Gasteiger partial charge is 0.381 e. The van der Waals surface area contributed by atoms with Gasteiger partial charge < -0.3 is 14.6 Å². The minimum Gasteiger partial charge on any atom is -0.381 e. The Labute approximate surface area is 175 Å². The van der Waals surface area contributed by atoms with Gasteiger partial charge in [0, 0.05) is 36.9 Å². The third-order valence-corrected chi connectivity index (χ3v) is 5.91. The van der Waals surface area contributed by atoms with Gasteiger partial charge in [0.15, 0.2) is 5.82 Å². The second-order valence-corrected chi connectivity index (χ2v) is 7.84. The van der Waals surface area contributed by atoms with Crippen molar-refractivity contribution in [1.29, 1.82) is 0 Å². The number of aromatic nitrogens is 2. The number of rotatable bonds is 3. The molecule has 1 saturated heterocycles. The number of carbonyl (C=O) groups is 1. The van der Waals surface area contributed by atoms with Crippen LogP contribution in [0.5, 0.6) is 0 Å². The summed E-state index contributed by atoms with van der Waals surface area (Å²) < 4.78 is 11.0. The van der Waals surface area contributed by atoms with E-state index in [9.17, 15) is 4.79 Å². The predicted molar refractivity (Wildman–Crippen MR) is 113 cm³/mol. The maximum atomic E-state index is 13.3. The van der Waals surface area contributed by atoms with E-state index in [2.05, 4.69) is 10.5 Å². The van der Waals surface area contributed by atoms with E-state index in [1.807, 2.05) is 55.5 Å². The number of fused-ring (bicyclic) bond motifs is 1. The van der Waals surface area contributed by atoms with Crippen LogP contribution in [0.25, 0.3) is 0 Å². The molecule has 2 aromatic carbocycles. The predicted octanol–water partition coefficient (Wildman–Crippen LogP) is 4.61. The second kappa shape index (κ2) is 7.91. The zero-order valence-electron chi connectivity index (χ0n) is 16.9. The molecule has 1 aromatic heterocycles. The van der Waals surface area contributed by atoms with Crippen molar-refractivity contribution in [1.82, 2.24) is 10.1 Å². The van der Waals surface area contributed by atoms with E-state index in [-0.39, 0.29) is 18.0 Å². The molecule has 2 aliphatic heterocycles. The molecule has 1 atom stereocenters. The lowest BCUT2D eigenvalue weighted by molar-refractivity contribution is 0.0778. The van der Waals surface area contributed by atoms with E-state index in [1.54, 1.807) is 4.90 Å². The van der Waals surface area contributed by atoms with Crippen LogP contribution in [0.1, 0.15) is 47.6 Å². The number of benzene rings is 2. The first-order valence-corrected chi connectivity index (χ1v) is 10.4. The normalized spacial score (nSPS) is 19.0. The number of para-hydroxylation sites is 2. The van der Waals surface area contributed by atoms with Gasteiger partial charge in [-0.3, -0.25) is 4.90 Å². The molecule has 5 rings (SSSR count). The van der Waals surface area contributed by atoms with Gasteiger partial charge in [-0.15, -0.1) is 0 Å². The van der Waals surface area contributed by atoms with Crippen LogP contribution in [0, 0.1) is 6.92 Å². The lowest BCUT2D eigenvalue weighted by Gasteiger charge is -2.24. The topological polar surface area (TPSA) is 80.5 Å². The fraction of sp³-hybridized carbons (Fsp3) is 0.348. The molecule has 7 heteroatoms. The Bertz CT molecular complexity index is 1060. The van der Waals surface area contributed by atoms with Gasteiger partial charge in [0.2, 0.25) is 5.89 Å². The van der Waals surface area contributed by atoms with Crippen LogP contribution in [-0.2, 0) is 11.2 Å². The van der Waals surface area contributed by atoms with Crippen LogP contribution in [0.2, 0.25) is 0 Å². The molecule has 154 valence electrons. The number of nitrogens with one attached hydrogen (secondary N) is 1. The van der Waals surface area contributed by atoms with Gasteiger partial charge in [-0.1, -0.05) is 41.6 Å². The molecule has 30 heavy (non-hydrogen) atoms. The Kier molecular flexibility index (Phi) is 4.96. The molecule has 0 spiro atoms. The summed E-state index contributed by atoms with van der Waals surface area (Å²) in [5.74, 6) is 1.41. The van der Waals surface area contributed by atoms with Crippen molar-refractivity contribution < 1.29 is 14.1 Å². The summed E-state index contributed by atoms with van der Waals surface area (Å²) >= 11 is 0. The number of hydrogen-bond donors (Lipinski definition) is 1. The van der Waals surface area contributed by atoms with E-state index in [1.165, 1.54) is 0 Å². The van der Waals surface area contributed by atoms with Gasteiger partial charge in [0.25, 0.3) is 0 Å². The van der Waals surface area contributed by atoms with Crippen molar-refractivity contribution in [3.05, 3.63) is 71.4 Å². The van der Waals surface area contributed by atoms with Crippen LogP contribution in [-0.4, -0.2) is 29.4 Å². The SMILES string of the molecule is Cc1ccccc1NC(=O)N1c2ccccc2CC1c1noc(C2CCOCC2)n1. The van der Waals surface area contributed by atoms with Crippen LogP contribution in [0.4, 0.5) is 16.2 Å². The Morgan fingerprint density at radius 3 is 2.70 bits per heavy atom. The van der Waals surface area contributed by atoms with Crippen molar-refractivity contribution in [2.45, 2.75) is 38.1 Å². The Morgan fingerprint density at radius 1 is 1.10 bits per heavy atom. The second-order valence-electron chi connectivity index (χ2n) is 7.84. The Hall–Kier alpha value is -3.19. The summed E-state index contributed by atoms with van der Waals surface area (Å²) in [4.78, 5) is 19.8. The molecule has 3 heterocycles. The average Bonchev–Trinajstić information content (AvgIpc) is 3.41. The third kappa shape index (κ3) is 3.45. The maximum Gasteiger partial charge on any atom is 0.327 e. The third-order valence-electron chi connectivity index (χ3n) is 5.91. The average molecular weight is 404 g/mol. The molecular weight excluding hydrogens is 380 g/mol. The Morgan fingerprint density at radius 2 is 1.87 bits per heavy atom. The smallest absolute Gasteiger partial charge is 0.327 e. The zero-order valence-corrected chi connectivity index (χ0v) is 16.9. The molecule has 3 aromatic rings. The summed E-state index contributed by atoms with van der Waals surface area (Å²) in [7, 11) is 0. The minimum absolute atomic E-state index is 0.198. The van der Waals surface area contributed by atoms with Gasteiger partial charge >= 0.3 is 6.03 Å². The first kappa shape index (κ1) is 18.8. The molecule has 7 nitrogen and oxygen atoms in total. The Balaban J connectivity index is 1.45. The number of nitrogens with zero attached hydrogens (tertiary/aromatic N) is 3. The van der Waals surface area contributed by atoms with Crippen LogP contribution >= 0.6 is 0 Å². The summed E-state index contributed by atoms with van der Waals surface area (Å²) in [6, 6.07) is 15.2. The molecular formula is C23H24N4O3. The van der Waals surface area contributed by atoms with Crippen molar-refractivity contribution in [2.24, 2.45) is 0 Å². The lowest BCUT2D eigenvalue weighted by atomic mass is 10.0. The lowest BCUT2D eigenvalue weighted by Crippen LogP contribution is -2.36. The molecule has 1 fully saturated rings. The molecule has 0 bridgehead atoms. The summed E-state index contributed by atoms with van der Waals surface area (Å²) in [5.41, 5.74) is 3.78. The van der Waals surface area contributed by atoms with Gasteiger partial charge in [-0.05, 0) is 43.0 Å².